The lowest BCUT2D eigenvalue weighted by molar-refractivity contribution is -0.137. The Hall–Kier alpha value is -2.38. The zero-order valence-corrected chi connectivity index (χ0v) is 11.1. The van der Waals surface area contributed by atoms with Crippen LogP contribution in [0.15, 0.2) is 24.5 Å². The molecule has 2 aromatic rings. The number of aromatic nitrogens is 3. The number of carboxylic acids is 1. The third-order valence-corrected chi connectivity index (χ3v) is 2.76. The molecule has 0 saturated carbocycles. The molecule has 0 fully saturated rings. The molecule has 0 saturated heterocycles. The summed E-state index contributed by atoms with van der Waals surface area (Å²) in [7, 11) is 0. The Labute approximate surface area is 118 Å². The number of hydrogen-bond acceptors (Lipinski definition) is 3. The second kappa shape index (κ2) is 5.55. The van der Waals surface area contributed by atoms with Crippen molar-refractivity contribution in [2.45, 2.75) is 25.9 Å². The number of carboxylic acid groups (broad SMARTS) is 1. The summed E-state index contributed by atoms with van der Waals surface area (Å²) in [5.41, 5.74) is -0.453. The molecule has 2 aromatic heterocycles. The van der Waals surface area contributed by atoms with Crippen molar-refractivity contribution >= 4 is 5.97 Å². The van der Waals surface area contributed by atoms with Crippen LogP contribution in [0.1, 0.15) is 35.0 Å². The van der Waals surface area contributed by atoms with Crippen molar-refractivity contribution < 1.29 is 23.1 Å². The van der Waals surface area contributed by atoms with Crippen molar-refractivity contribution in [3.05, 3.63) is 41.3 Å². The average Bonchev–Trinajstić information content (AvgIpc) is 2.88. The van der Waals surface area contributed by atoms with Gasteiger partial charge in [0.25, 0.3) is 0 Å². The lowest BCUT2D eigenvalue weighted by Crippen LogP contribution is -2.07. The molecule has 2 heterocycles. The summed E-state index contributed by atoms with van der Waals surface area (Å²) in [5.74, 6) is -1.12. The minimum absolute atomic E-state index is 0.0347. The minimum atomic E-state index is -4.51. The third-order valence-electron chi connectivity index (χ3n) is 2.76. The Morgan fingerprint density at radius 3 is 2.62 bits per heavy atom. The van der Waals surface area contributed by atoms with Gasteiger partial charge in [0.05, 0.1) is 17.3 Å². The smallest absolute Gasteiger partial charge is 0.419 e. The molecule has 0 aliphatic carbocycles. The first-order valence-corrected chi connectivity index (χ1v) is 6.17. The monoisotopic (exact) mass is 299 g/mol. The van der Waals surface area contributed by atoms with E-state index in [1.165, 1.54) is 12.1 Å². The summed E-state index contributed by atoms with van der Waals surface area (Å²) in [6.07, 6.45) is -1.78. The third kappa shape index (κ3) is 3.39. The first-order chi connectivity index (χ1) is 9.81. The van der Waals surface area contributed by atoms with E-state index in [1.54, 1.807) is 0 Å². The van der Waals surface area contributed by atoms with Gasteiger partial charge >= 0.3 is 12.1 Å². The number of alkyl halides is 3. The molecular formula is C13H12F3N3O2. The highest BCUT2D eigenvalue weighted by Crippen LogP contribution is 2.29. The Morgan fingerprint density at radius 2 is 2.10 bits per heavy atom. The number of aromatic carboxylic acids is 1. The molecule has 2 rings (SSSR count). The molecule has 0 amide bonds. The van der Waals surface area contributed by atoms with Crippen LogP contribution in [0.5, 0.6) is 0 Å². The van der Waals surface area contributed by atoms with Crippen LogP contribution in [-0.4, -0.2) is 25.8 Å². The molecule has 0 atom stereocenters. The molecule has 21 heavy (non-hydrogen) atoms. The lowest BCUT2D eigenvalue weighted by atomic mass is 10.1. The van der Waals surface area contributed by atoms with Gasteiger partial charge in [-0.25, -0.2) is 14.5 Å². The molecule has 0 spiro atoms. The fraction of sp³-hybridized carbons (Fsp3) is 0.308. The van der Waals surface area contributed by atoms with Gasteiger partial charge in [-0.3, -0.25) is 0 Å². The van der Waals surface area contributed by atoms with Gasteiger partial charge in [0.1, 0.15) is 0 Å². The maximum absolute atomic E-state index is 12.6. The van der Waals surface area contributed by atoms with Crippen LogP contribution in [0.25, 0.3) is 5.82 Å². The minimum Gasteiger partial charge on any atom is -0.478 e. The topological polar surface area (TPSA) is 68.0 Å². The van der Waals surface area contributed by atoms with Gasteiger partial charge < -0.3 is 5.11 Å². The fourth-order valence-electron chi connectivity index (χ4n) is 1.79. The highest BCUT2D eigenvalue weighted by molar-refractivity contribution is 5.88. The van der Waals surface area contributed by atoms with Crippen molar-refractivity contribution in [1.29, 1.82) is 0 Å². The van der Waals surface area contributed by atoms with Crippen LogP contribution in [0.3, 0.4) is 0 Å². The molecule has 8 heteroatoms. The van der Waals surface area contributed by atoms with Crippen LogP contribution < -0.4 is 0 Å². The van der Waals surface area contributed by atoms with Gasteiger partial charge in [-0.05, 0) is 18.6 Å². The number of rotatable bonds is 4. The van der Waals surface area contributed by atoms with Crippen LogP contribution in [0.2, 0.25) is 0 Å². The van der Waals surface area contributed by atoms with Crippen molar-refractivity contribution in [3.8, 4) is 5.82 Å². The van der Waals surface area contributed by atoms with E-state index in [-0.39, 0.29) is 11.4 Å². The van der Waals surface area contributed by atoms with Crippen LogP contribution in [0.4, 0.5) is 13.2 Å². The number of halogens is 3. The maximum atomic E-state index is 12.6. The molecule has 5 nitrogen and oxygen atoms in total. The molecule has 0 aliphatic rings. The van der Waals surface area contributed by atoms with Crippen molar-refractivity contribution in [3.63, 3.8) is 0 Å². The average molecular weight is 299 g/mol. The first kappa shape index (κ1) is 15.0. The Balaban J connectivity index is 2.47. The summed E-state index contributed by atoms with van der Waals surface area (Å²) in [6.45, 7) is 1.89. The van der Waals surface area contributed by atoms with E-state index >= 15 is 0 Å². The van der Waals surface area contributed by atoms with Gasteiger partial charge in [0.15, 0.2) is 5.82 Å². The zero-order chi connectivity index (χ0) is 15.6. The fourth-order valence-corrected chi connectivity index (χ4v) is 1.79. The molecule has 0 bridgehead atoms. The van der Waals surface area contributed by atoms with Crippen LogP contribution in [-0.2, 0) is 12.6 Å². The van der Waals surface area contributed by atoms with Gasteiger partial charge in [-0.1, -0.05) is 13.3 Å². The summed E-state index contributed by atoms with van der Waals surface area (Å²) < 4.78 is 38.6. The predicted molar refractivity (Wildman–Crippen MR) is 67.3 cm³/mol. The second-order valence-corrected chi connectivity index (χ2v) is 4.43. The molecule has 0 radical (unpaired) electrons. The van der Waals surface area contributed by atoms with Crippen LogP contribution in [0, 0.1) is 0 Å². The van der Waals surface area contributed by atoms with E-state index < -0.39 is 17.7 Å². The van der Waals surface area contributed by atoms with E-state index in [0.717, 1.165) is 17.3 Å². The largest absolute Gasteiger partial charge is 0.478 e. The summed E-state index contributed by atoms with van der Waals surface area (Å²) in [6, 6.07) is 2.60. The Morgan fingerprint density at radius 1 is 1.38 bits per heavy atom. The molecule has 0 unspecified atom stereocenters. The highest BCUT2D eigenvalue weighted by atomic mass is 19.4. The number of carbonyl (C=O) groups is 1. The zero-order valence-electron chi connectivity index (χ0n) is 11.1. The molecule has 0 aromatic carbocycles. The Kier molecular flexibility index (Phi) is 3.97. The van der Waals surface area contributed by atoms with Gasteiger partial charge in [-0.15, -0.1) is 0 Å². The number of nitrogens with zero attached hydrogens (tertiary/aromatic N) is 3. The normalized spacial score (nSPS) is 11.6. The standard InChI is InChI=1S/C13H12F3N3O2/c1-2-3-10-4-8(12(20)21)5-11(18-10)19-7-9(6-17-19)13(14,15)16/h4-7H,2-3H2,1H3,(H,20,21). The quantitative estimate of drug-likeness (QED) is 0.942. The lowest BCUT2D eigenvalue weighted by Gasteiger charge is -2.06. The number of pyridine rings is 1. The summed E-state index contributed by atoms with van der Waals surface area (Å²) in [5, 5.41) is 12.6. The van der Waals surface area contributed by atoms with Gasteiger partial charge in [-0.2, -0.15) is 18.3 Å². The molecular weight excluding hydrogens is 287 g/mol. The van der Waals surface area contributed by atoms with E-state index in [2.05, 4.69) is 10.1 Å². The number of hydrogen-bond donors (Lipinski definition) is 1. The molecule has 1 N–H and O–H groups in total. The maximum Gasteiger partial charge on any atom is 0.419 e. The number of aryl methyl sites for hydroxylation is 1. The van der Waals surface area contributed by atoms with E-state index in [1.807, 2.05) is 6.92 Å². The SMILES string of the molecule is CCCc1cc(C(=O)O)cc(-n2cc(C(F)(F)F)cn2)n1. The predicted octanol–water partition coefficient (Wildman–Crippen LogP) is 2.94. The molecule has 112 valence electrons. The summed E-state index contributed by atoms with van der Waals surface area (Å²) in [4.78, 5) is 15.2. The van der Waals surface area contributed by atoms with Crippen molar-refractivity contribution in [2.24, 2.45) is 0 Å². The van der Waals surface area contributed by atoms with E-state index in [0.29, 0.717) is 18.3 Å². The summed E-state index contributed by atoms with van der Waals surface area (Å²) >= 11 is 0. The first-order valence-electron chi connectivity index (χ1n) is 6.17. The van der Waals surface area contributed by atoms with Crippen molar-refractivity contribution in [1.82, 2.24) is 14.8 Å². The van der Waals surface area contributed by atoms with Gasteiger partial charge in [0, 0.05) is 11.9 Å². The van der Waals surface area contributed by atoms with Crippen LogP contribution >= 0.6 is 0 Å². The van der Waals surface area contributed by atoms with E-state index in [4.69, 9.17) is 5.11 Å². The Bertz CT molecular complexity index is 665. The molecule has 0 aliphatic heterocycles. The van der Waals surface area contributed by atoms with Gasteiger partial charge in [0.2, 0.25) is 0 Å². The highest BCUT2D eigenvalue weighted by Gasteiger charge is 2.32. The van der Waals surface area contributed by atoms with E-state index in [9.17, 15) is 18.0 Å². The second-order valence-electron chi connectivity index (χ2n) is 4.43. The van der Waals surface area contributed by atoms with Crippen molar-refractivity contribution in [2.75, 3.05) is 0 Å².